The Labute approximate surface area is 110 Å². The molecule has 1 aromatic carbocycles. The van der Waals surface area contributed by atoms with Crippen molar-refractivity contribution in [3.8, 4) is 0 Å². The lowest BCUT2D eigenvalue weighted by molar-refractivity contribution is -0.117. The van der Waals surface area contributed by atoms with Gasteiger partial charge in [0.25, 0.3) is 0 Å². The lowest BCUT2D eigenvalue weighted by atomic mass is 10.3. The minimum atomic E-state index is -0.529. The normalized spacial score (nSPS) is 20.6. The second-order valence-electron chi connectivity index (χ2n) is 3.52. The molecule has 0 spiro atoms. The van der Waals surface area contributed by atoms with E-state index in [-0.39, 0.29) is 28.4 Å². The number of carbonyl (C=O) groups excluding carboxylic acids is 1. The molecular weight excluding hydrogens is 320 g/mol. The monoisotopic (exact) mass is 325 g/mol. The summed E-state index contributed by atoms with van der Waals surface area (Å²) in [7, 11) is 0. The fraction of sp³-hybridized carbons (Fsp3) is 0.300. The van der Waals surface area contributed by atoms with Crippen LogP contribution in [0.15, 0.2) is 16.6 Å². The summed E-state index contributed by atoms with van der Waals surface area (Å²) >= 11 is 14.7. The highest BCUT2D eigenvalue weighted by atomic mass is 79.9. The van der Waals surface area contributed by atoms with Gasteiger partial charge < -0.3 is 4.90 Å². The Hall–Kier alpha value is -0.320. The predicted molar refractivity (Wildman–Crippen MR) is 65.7 cm³/mol. The molecule has 1 aliphatic rings. The Morgan fingerprint density at radius 1 is 1.50 bits per heavy atom. The molecule has 2 nitrogen and oxygen atoms in total. The number of hydrogen-bond donors (Lipinski definition) is 0. The van der Waals surface area contributed by atoms with E-state index < -0.39 is 5.82 Å². The quantitative estimate of drug-likeness (QED) is 0.722. The summed E-state index contributed by atoms with van der Waals surface area (Å²) in [4.78, 5) is 12.9. The van der Waals surface area contributed by atoms with Crippen molar-refractivity contribution in [1.29, 1.82) is 0 Å². The van der Waals surface area contributed by atoms with Crippen LogP contribution in [0.2, 0.25) is 5.02 Å². The third-order valence-electron chi connectivity index (χ3n) is 2.33. The highest BCUT2D eigenvalue weighted by Gasteiger charge is 2.32. The van der Waals surface area contributed by atoms with Crippen LogP contribution in [0.25, 0.3) is 0 Å². The first kappa shape index (κ1) is 12.1. The van der Waals surface area contributed by atoms with E-state index in [2.05, 4.69) is 15.9 Å². The molecule has 16 heavy (non-hydrogen) atoms. The van der Waals surface area contributed by atoms with Crippen LogP contribution in [0.5, 0.6) is 0 Å². The first-order chi connectivity index (χ1) is 7.49. The third kappa shape index (κ3) is 2.19. The number of alkyl halides is 1. The van der Waals surface area contributed by atoms with Gasteiger partial charge in [0.1, 0.15) is 5.82 Å². The van der Waals surface area contributed by atoms with Gasteiger partial charge >= 0.3 is 0 Å². The van der Waals surface area contributed by atoms with Crippen molar-refractivity contribution in [2.75, 3.05) is 11.4 Å². The minimum absolute atomic E-state index is 0.179. The molecule has 0 aromatic heterocycles. The molecule has 2 rings (SSSR count). The molecule has 1 aliphatic heterocycles. The van der Waals surface area contributed by atoms with Gasteiger partial charge in [-0.05, 0) is 28.1 Å². The third-order valence-corrected chi connectivity index (χ3v) is 3.44. The zero-order valence-electron chi connectivity index (χ0n) is 8.01. The maximum atomic E-state index is 13.7. The zero-order chi connectivity index (χ0) is 11.9. The zero-order valence-corrected chi connectivity index (χ0v) is 11.1. The topological polar surface area (TPSA) is 20.3 Å². The van der Waals surface area contributed by atoms with Gasteiger partial charge in [-0.1, -0.05) is 11.6 Å². The summed E-state index contributed by atoms with van der Waals surface area (Å²) in [5, 5.41) is 0.0108. The van der Waals surface area contributed by atoms with Crippen molar-refractivity contribution in [2.24, 2.45) is 0 Å². The predicted octanol–water partition coefficient (Wildman–Crippen LogP) is 3.59. The van der Waals surface area contributed by atoms with Crippen LogP contribution in [0.3, 0.4) is 0 Å². The van der Waals surface area contributed by atoms with Gasteiger partial charge in [-0.25, -0.2) is 4.39 Å². The van der Waals surface area contributed by atoms with E-state index in [4.69, 9.17) is 23.2 Å². The van der Waals surface area contributed by atoms with Gasteiger partial charge in [0.15, 0.2) is 0 Å². The van der Waals surface area contributed by atoms with E-state index >= 15 is 0 Å². The van der Waals surface area contributed by atoms with Crippen molar-refractivity contribution >= 4 is 50.7 Å². The molecule has 0 N–H and O–H groups in total. The van der Waals surface area contributed by atoms with Crippen LogP contribution < -0.4 is 4.90 Å². The van der Waals surface area contributed by atoms with Crippen LogP contribution in [-0.4, -0.2) is 17.8 Å². The number of halogens is 4. The van der Waals surface area contributed by atoms with Crippen LogP contribution >= 0.6 is 39.1 Å². The molecular formula is C10H7BrCl2FNO. The Balaban J connectivity index is 2.44. The van der Waals surface area contributed by atoms with Crippen molar-refractivity contribution in [3.05, 3.63) is 27.4 Å². The molecule has 1 fully saturated rings. The molecule has 1 amide bonds. The molecule has 6 heteroatoms. The highest BCUT2D eigenvalue weighted by molar-refractivity contribution is 9.10. The fourth-order valence-corrected chi connectivity index (χ4v) is 2.93. The number of benzene rings is 1. The summed E-state index contributed by atoms with van der Waals surface area (Å²) in [5.41, 5.74) is 0.206. The van der Waals surface area contributed by atoms with E-state index in [1.165, 1.54) is 11.0 Å². The number of anilines is 1. The molecule has 0 radical (unpaired) electrons. The van der Waals surface area contributed by atoms with Gasteiger partial charge in [-0.15, -0.1) is 11.6 Å². The first-order valence-electron chi connectivity index (χ1n) is 4.58. The molecule has 1 saturated heterocycles. The van der Waals surface area contributed by atoms with E-state index in [0.717, 1.165) is 0 Å². The molecule has 1 unspecified atom stereocenters. The van der Waals surface area contributed by atoms with E-state index in [9.17, 15) is 9.18 Å². The molecule has 1 heterocycles. The van der Waals surface area contributed by atoms with Gasteiger partial charge in [-0.3, -0.25) is 4.79 Å². The molecule has 1 atom stereocenters. The summed E-state index contributed by atoms with van der Waals surface area (Å²) in [6, 6.07) is 2.73. The second kappa shape index (κ2) is 4.51. The summed E-state index contributed by atoms with van der Waals surface area (Å²) in [6.45, 7) is 0.317. The van der Waals surface area contributed by atoms with Crippen molar-refractivity contribution in [1.82, 2.24) is 0 Å². The van der Waals surface area contributed by atoms with Crippen LogP contribution in [0.4, 0.5) is 10.1 Å². The number of amides is 1. The smallest absolute Gasteiger partial charge is 0.228 e. The van der Waals surface area contributed by atoms with Gasteiger partial charge in [-0.2, -0.15) is 0 Å². The minimum Gasteiger partial charge on any atom is -0.307 e. The molecule has 0 saturated carbocycles. The molecule has 1 aromatic rings. The number of hydrogen-bond acceptors (Lipinski definition) is 1. The lowest BCUT2D eigenvalue weighted by Crippen LogP contribution is -2.26. The molecule has 86 valence electrons. The molecule has 0 aliphatic carbocycles. The van der Waals surface area contributed by atoms with Crippen molar-refractivity contribution in [3.63, 3.8) is 0 Å². The van der Waals surface area contributed by atoms with Crippen LogP contribution in [-0.2, 0) is 4.79 Å². The largest absolute Gasteiger partial charge is 0.307 e. The van der Waals surface area contributed by atoms with Gasteiger partial charge in [0.05, 0.1) is 11.1 Å². The van der Waals surface area contributed by atoms with Crippen LogP contribution in [0.1, 0.15) is 6.42 Å². The maximum absolute atomic E-state index is 13.7. The van der Waals surface area contributed by atoms with Gasteiger partial charge in [0.2, 0.25) is 5.91 Å². The molecule has 0 bridgehead atoms. The van der Waals surface area contributed by atoms with Gasteiger partial charge in [0, 0.05) is 22.5 Å². The average molecular weight is 327 g/mol. The second-order valence-corrected chi connectivity index (χ2v) is 5.43. The van der Waals surface area contributed by atoms with E-state index in [1.54, 1.807) is 6.07 Å². The van der Waals surface area contributed by atoms with E-state index in [0.29, 0.717) is 11.0 Å². The van der Waals surface area contributed by atoms with Crippen molar-refractivity contribution in [2.45, 2.75) is 11.8 Å². The maximum Gasteiger partial charge on any atom is 0.228 e. The SMILES string of the molecule is O=C1CC(Cl)CN1c1c(F)cc(Cl)cc1Br. The number of carbonyl (C=O) groups is 1. The average Bonchev–Trinajstić information content (AvgIpc) is 2.43. The Kier molecular flexibility index (Phi) is 3.42. The fourth-order valence-electron chi connectivity index (χ4n) is 1.67. The highest BCUT2D eigenvalue weighted by Crippen LogP contribution is 2.35. The Bertz CT molecular complexity index is 431. The number of nitrogens with zero attached hydrogens (tertiary/aromatic N) is 1. The Morgan fingerprint density at radius 2 is 2.19 bits per heavy atom. The van der Waals surface area contributed by atoms with Crippen molar-refractivity contribution < 1.29 is 9.18 Å². The summed E-state index contributed by atoms with van der Waals surface area (Å²) in [5.74, 6) is -0.708. The Morgan fingerprint density at radius 3 is 2.69 bits per heavy atom. The van der Waals surface area contributed by atoms with E-state index in [1.807, 2.05) is 0 Å². The van der Waals surface area contributed by atoms with Crippen LogP contribution in [0, 0.1) is 5.82 Å². The first-order valence-corrected chi connectivity index (χ1v) is 6.18. The summed E-state index contributed by atoms with van der Waals surface area (Å²) in [6.07, 6.45) is 0.232. The number of rotatable bonds is 1. The standard InChI is InChI=1S/C10H7BrCl2FNO/c11-7-1-5(12)2-8(14)10(7)15-4-6(13)3-9(15)16/h1-2,6H,3-4H2. The summed E-state index contributed by atoms with van der Waals surface area (Å²) < 4.78 is 14.2. The lowest BCUT2D eigenvalue weighted by Gasteiger charge is -2.18.